The van der Waals surface area contributed by atoms with Gasteiger partial charge in [-0.25, -0.2) is 0 Å². The van der Waals surface area contributed by atoms with Crippen molar-refractivity contribution < 1.29 is 24.5 Å². The molecule has 0 aromatic heterocycles. The molecule has 0 radical (unpaired) electrons. The lowest BCUT2D eigenvalue weighted by Crippen LogP contribution is -2.99. The highest BCUT2D eigenvalue weighted by Crippen LogP contribution is 2.49. The molecule has 3 aliphatic rings. The zero-order valence-corrected chi connectivity index (χ0v) is 14.7. The lowest BCUT2D eigenvalue weighted by atomic mass is 9.76. The number of carbonyl (C=O) groups is 4. The fourth-order valence-electron chi connectivity index (χ4n) is 4.86. The second-order valence-corrected chi connectivity index (χ2v) is 7.28. The number of rotatable bonds is 5. The molecule has 2 saturated heterocycles. The van der Waals surface area contributed by atoms with Crippen LogP contribution in [-0.4, -0.2) is 41.1 Å². The average molecular weight is 369 g/mol. The van der Waals surface area contributed by atoms with Gasteiger partial charge < -0.3 is 16.4 Å². The lowest BCUT2D eigenvalue weighted by Gasteiger charge is -2.26. The number of fused-ring (bicyclic) bond motifs is 4. The summed E-state index contributed by atoms with van der Waals surface area (Å²) >= 11 is 0. The van der Waals surface area contributed by atoms with Gasteiger partial charge >= 0.3 is 0 Å². The molecular formula is C19H21N4O4+. The summed E-state index contributed by atoms with van der Waals surface area (Å²) < 4.78 is 0. The standard InChI is InChI=1S/C19H20N4O4/c1-2-9-23-16(25)14-12(7-8-13(20)24)22-19(15(14)17(23)26)10-5-3-4-6-11(10)21-18(19)27/h2-6,12,14-15,22H,1,7-9H2,(H2,20,24)(H,21,27)/p+1/t12-,14-,15+,19+/m0/s1. The molecule has 4 rings (SSSR count). The van der Waals surface area contributed by atoms with Crippen LogP contribution in [0.5, 0.6) is 0 Å². The zero-order chi connectivity index (χ0) is 19.3. The number of hydrogen-bond acceptors (Lipinski definition) is 4. The molecule has 8 nitrogen and oxygen atoms in total. The molecule has 4 atom stereocenters. The van der Waals surface area contributed by atoms with Crippen LogP contribution >= 0.6 is 0 Å². The van der Waals surface area contributed by atoms with E-state index in [4.69, 9.17) is 5.73 Å². The van der Waals surface area contributed by atoms with Crippen LogP contribution in [0.1, 0.15) is 18.4 Å². The molecule has 1 aromatic rings. The van der Waals surface area contributed by atoms with Gasteiger partial charge in [0.05, 0.1) is 5.69 Å². The summed E-state index contributed by atoms with van der Waals surface area (Å²) in [5.41, 5.74) is 5.43. The van der Waals surface area contributed by atoms with Gasteiger partial charge in [0, 0.05) is 24.9 Å². The minimum absolute atomic E-state index is 0.0899. The third-order valence-electron chi connectivity index (χ3n) is 5.90. The van der Waals surface area contributed by atoms with Crippen molar-refractivity contribution in [2.75, 3.05) is 11.9 Å². The Morgan fingerprint density at radius 3 is 2.74 bits per heavy atom. The summed E-state index contributed by atoms with van der Waals surface area (Å²) in [4.78, 5) is 51.7. The molecule has 140 valence electrons. The van der Waals surface area contributed by atoms with Gasteiger partial charge in [-0.15, -0.1) is 6.58 Å². The summed E-state index contributed by atoms with van der Waals surface area (Å²) in [6.07, 6.45) is 1.91. The summed E-state index contributed by atoms with van der Waals surface area (Å²) in [5, 5.41) is 4.65. The van der Waals surface area contributed by atoms with Crippen molar-refractivity contribution in [2.24, 2.45) is 17.6 Å². The van der Waals surface area contributed by atoms with Crippen molar-refractivity contribution in [1.82, 2.24) is 4.90 Å². The van der Waals surface area contributed by atoms with Crippen LogP contribution < -0.4 is 16.4 Å². The van der Waals surface area contributed by atoms with Crippen LogP contribution in [-0.2, 0) is 24.7 Å². The van der Waals surface area contributed by atoms with Crippen molar-refractivity contribution in [3.8, 4) is 0 Å². The molecule has 1 aromatic carbocycles. The van der Waals surface area contributed by atoms with Gasteiger partial charge in [0.15, 0.2) is 0 Å². The van der Waals surface area contributed by atoms with E-state index in [1.807, 2.05) is 12.1 Å². The number of likely N-dealkylation sites (tertiary alicyclic amines) is 1. The normalized spacial score (nSPS) is 31.2. The van der Waals surface area contributed by atoms with Crippen LogP contribution in [0, 0.1) is 11.8 Å². The Labute approximate surface area is 155 Å². The Morgan fingerprint density at radius 2 is 2.04 bits per heavy atom. The second kappa shape index (κ2) is 6.02. The maximum Gasteiger partial charge on any atom is 0.291 e. The fraction of sp³-hybridized carbons (Fsp3) is 0.368. The van der Waals surface area contributed by atoms with Crippen molar-refractivity contribution in [3.63, 3.8) is 0 Å². The number of nitrogens with zero attached hydrogens (tertiary/aromatic N) is 1. The van der Waals surface area contributed by atoms with Gasteiger partial charge in [-0.05, 0) is 6.07 Å². The summed E-state index contributed by atoms with van der Waals surface area (Å²) in [6, 6.07) is 6.82. The Balaban J connectivity index is 1.83. The molecule has 1 spiro atoms. The number of primary amides is 1. The molecule has 0 unspecified atom stereocenters. The number of quaternary nitrogens is 1. The highest BCUT2D eigenvalue weighted by atomic mass is 16.2. The number of imide groups is 1. The van der Waals surface area contributed by atoms with Gasteiger partial charge in [-0.3, -0.25) is 24.1 Å². The van der Waals surface area contributed by atoms with Gasteiger partial charge in [-0.1, -0.05) is 24.3 Å². The first-order chi connectivity index (χ1) is 12.9. The van der Waals surface area contributed by atoms with Crippen molar-refractivity contribution in [1.29, 1.82) is 0 Å². The van der Waals surface area contributed by atoms with Crippen LogP contribution in [0.4, 0.5) is 5.69 Å². The van der Waals surface area contributed by atoms with Gasteiger partial charge in [0.1, 0.15) is 17.9 Å². The highest BCUT2D eigenvalue weighted by Gasteiger charge is 2.73. The number of nitrogens with two attached hydrogens (primary N) is 2. The number of carbonyl (C=O) groups excluding carboxylic acids is 4. The first-order valence-corrected chi connectivity index (χ1v) is 8.93. The molecule has 5 N–H and O–H groups in total. The molecule has 3 heterocycles. The minimum atomic E-state index is -1.20. The highest BCUT2D eigenvalue weighted by molar-refractivity contribution is 6.13. The summed E-state index contributed by atoms with van der Waals surface area (Å²) in [6.45, 7) is 3.71. The number of anilines is 1. The number of para-hydroxylation sites is 1. The summed E-state index contributed by atoms with van der Waals surface area (Å²) in [5.74, 6) is -2.95. The molecule has 4 amide bonds. The third-order valence-corrected chi connectivity index (χ3v) is 5.90. The number of nitrogens with one attached hydrogen (secondary N) is 1. The first-order valence-electron chi connectivity index (χ1n) is 8.93. The molecule has 0 saturated carbocycles. The van der Waals surface area contributed by atoms with Crippen LogP contribution in [0.2, 0.25) is 0 Å². The van der Waals surface area contributed by atoms with E-state index in [0.29, 0.717) is 17.7 Å². The molecule has 27 heavy (non-hydrogen) atoms. The smallest absolute Gasteiger partial charge is 0.291 e. The van der Waals surface area contributed by atoms with Crippen molar-refractivity contribution in [2.45, 2.75) is 24.4 Å². The minimum Gasteiger partial charge on any atom is -0.370 e. The van der Waals surface area contributed by atoms with Crippen LogP contribution in [0.25, 0.3) is 0 Å². The fourth-order valence-corrected chi connectivity index (χ4v) is 4.86. The van der Waals surface area contributed by atoms with E-state index < -0.39 is 23.3 Å². The van der Waals surface area contributed by atoms with E-state index in [0.717, 1.165) is 0 Å². The monoisotopic (exact) mass is 369 g/mol. The Kier molecular flexibility index (Phi) is 3.88. The van der Waals surface area contributed by atoms with Gasteiger partial charge in [0.2, 0.25) is 23.3 Å². The maximum atomic E-state index is 13.2. The maximum absolute atomic E-state index is 13.2. The van der Waals surface area contributed by atoms with E-state index in [-0.39, 0.29) is 36.7 Å². The number of amides is 4. The first kappa shape index (κ1) is 17.4. The van der Waals surface area contributed by atoms with Gasteiger partial charge in [-0.2, -0.15) is 0 Å². The van der Waals surface area contributed by atoms with E-state index >= 15 is 0 Å². The molecule has 0 bridgehead atoms. The number of hydrogen-bond donors (Lipinski definition) is 3. The SMILES string of the molecule is C=CCN1C(=O)[C@H]2[C@H](CCC(N)=O)[NH2+][C@@]3(C(=O)Nc4ccccc43)[C@H]2C1=O. The third kappa shape index (κ3) is 2.26. The van der Waals surface area contributed by atoms with Gasteiger partial charge in [0.25, 0.3) is 5.91 Å². The number of benzene rings is 1. The van der Waals surface area contributed by atoms with Crippen molar-refractivity contribution in [3.05, 3.63) is 42.5 Å². The largest absolute Gasteiger partial charge is 0.370 e. The topological polar surface area (TPSA) is 126 Å². The predicted molar refractivity (Wildman–Crippen MR) is 94.8 cm³/mol. The lowest BCUT2D eigenvalue weighted by molar-refractivity contribution is -0.734. The molecule has 0 aliphatic carbocycles. The molecule has 2 fully saturated rings. The second-order valence-electron chi connectivity index (χ2n) is 7.28. The van der Waals surface area contributed by atoms with E-state index in [1.54, 1.807) is 17.4 Å². The van der Waals surface area contributed by atoms with E-state index in [1.165, 1.54) is 11.0 Å². The molecule has 8 heteroatoms. The Morgan fingerprint density at radius 1 is 1.30 bits per heavy atom. The average Bonchev–Trinajstić information content (AvgIpc) is 3.21. The molecule has 3 aliphatic heterocycles. The predicted octanol–water partition coefficient (Wildman–Crippen LogP) is -1.17. The quantitative estimate of drug-likeness (QED) is 0.447. The zero-order valence-electron chi connectivity index (χ0n) is 14.7. The Hall–Kier alpha value is -3.00. The van der Waals surface area contributed by atoms with Crippen molar-refractivity contribution >= 4 is 29.3 Å². The van der Waals surface area contributed by atoms with Crippen LogP contribution in [0.15, 0.2) is 36.9 Å². The molecular weight excluding hydrogens is 348 g/mol. The van der Waals surface area contributed by atoms with E-state index in [9.17, 15) is 19.2 Å². The van der Waals surface area contributed by atoms with E-state index in [2.05, 4.69) is 11.9 Å². The summed E-state index contributed by atoms with van der Waals surface area (Å²) in [7, 11) is 0. The van der Waals surface area contributed by atoms with Crippen LogP contribution in [0.3, 0.4) is 0 Å². The Bertz CT molecular complexity index is 882.